The number of nitrogens with zero attached hydrogens (tertiary/aromatic N) is 1. The maximum absolute atomic E-state index is 11.2. The van der Waals surface area contributed by atoms with Crippen molar-refractivity contribution >= 4 is 23.4 Å². The first-order chi connectivity index (χ1) is 7.67. The molecule has 0 saturated heterocycles. The van der Waals surface area contributed by atoms with Crippen LogP contribution < -0.4 is 5.32 Å². The number of hydrogen-bond acceptors (Lipinski definition) is 4. The number of carbonyl (C=O) groups is 1. The molecule has 0 fully saturated rings. The average molecular weight is 220 g/mol. The van der Waals surface area contributed by atoms with Gasteiger partial charge < -0.3 is 10.1 Å². The summed E-state index contributed by atoms with van der Waals surface area (Å²) in [6.45, 7) is 1.80. The molecule has 0 bridgehead atoms. The monoisotopic (exact) mass is 220 g/mol. The average Bonchev–Trinajstić information content (AvgIpc) is 2.24. The number of ether oxygens (including phenoxy) is 1. The molecule has 5 nitrogen and oxygen atoms in total. The van der Waals surface area contributed by atoms with Crippen LogP contribution in [0.4, 0.5) is 11.4 Å². The van der Waals surface area contributed by atoms with Gasteiger partial charge >= 0.3 is 0 Å². The topological polar surface area (TPSA) is 67.8 Å². The molecule has 0 saturated carbocycles. The lowest BCUT2D eigenvalue weighted by Crippen LogP contribution is -2.16. The lowest BCUT2D eigenvalue weighted by atomic mass is 10.2. The van der Waals surface area contributed by atoms with Crippen LogP contribution in [0, 0.1) is 6.92 Å². The molecule has 16 heavy (non-hydrogen) atoms. The Morgan fingerprint density at radius 3 is 2.94 bits per heavy atom. The molecule has 0 unspecified atom stereocenters. The Hall–Kier alpha value is -1.97. The van der Waals surface area contributed by atoms with Crippen molar-refractivity contribution in [1.82, 2.24) is 0 Å². The standard InChI is InChI=1S/C11H12N2O3/c1-8-3-4-9(5-10(8)12-7-14)13-11(15)6-16-2/h3-5H,6H2,1-2H3,(H,13,15). The highest BCUT2D eigenvalue weighted by molar-refractivity contribution is 5.92. The van der Waals surface area contributed by atoms with E-state index in [4.69, 9.17) is 0 Å². The van der Waals surface area contributed by atoms with Crippen molar-refractivity contribution in [3.8, 4) is 0 Å². The molecule has 0 heterocycles. The van der Waals surface area contributed by atoms with Crippen LogP contribution in [-0.4, -0.2) is 25.7 Å². The maximum Gasteiger partial charge on any atom is 0.250 e. The van der Waals surface area contributed by atoms with Gasteiger partial charge in [0.05, 0.1) is 5.69 Å². The Morgan fingerprint density at radius 1 is 1.56 bits per heavy atom. The van der Waals surface area contributed by atoms with Gasteiger partial charge in [-0.25, -0.2) is 4.79 Å². The van der Waals surface area contributed by atoms with E-state index in [0.29, 0.717) is 11.4 Å². The minimum Gasteiger partial charge on any atom is -0.375 e. The third-order valence-corrected chi connectivity index (χ3v) is 1.93. The minimum absolute atomic E-state index is 0.0137. The number of amides is 1. The number of aryl methyl sites for hydroxylation is 1. The highest BCUT2D eigenvalue weighted by Gasteiger charge is 2.03. The van der Waals surface area contributed by atoms with Gasteiger partial charge in [0, 0.05) is 12.8 Å². The van der Waals surface area contributed by atoms with Crippen molar-refractivity contribution in [2.45, 2.75) is 6.92 Å². The van der Waals surface area contributed by atoms with Gasteiger partial charge in [-0.15, -0.1) is 0 Å². The van der Waals surface area contributed by atoms with E-state index in [0.717, 1.165) is 5.56 Å². The molecule has 0 spiro atoms. The zero-order valence-corrected chi connectivity index (χ0v) is 9.11. The summed E-state index contributed by atoms with van der Waals surface area (Å²) in [7, 11) is 1.44. The van der Waals surface area contributed by atoms with Gasteiger partial charge in [0.25, 0.3) is 0 Å². The number of aliphatic imine (C=N–C) groups is 1. The second kappa shape index (κ2) is 5.80. The Labute approximate surface area is 93.1 Å². The van der Waals surface area contributed by atoms with Crippen LogP contribution in [-0.2, 0) is 14.3 Å². The Kier molecular flexibility index (Phi) is 4.39. The summed E-state index contributed by atoms with van der Waals surface area (Å²) < 4.78 is 4.68. The van der Waals surface area contributed by atoms with Gasteiger partial charge in [-0.3, -0.25) is 4.79 Å². The first kappa shape index (κ1) is 12.1. The fourth-order valence-electron chi connectivity index (χ4n) is 1.18. The molecule has 0 aliphatic heterocycles. The first-order valence-electron chi connectivity index (χ1n) is 4.64. The highest BCUT2D eigenvalue weighted by Crippen LogP contribution is 2.22. The molecule has 0 aliphatic carbocycles. The number of hydrogen-bond donors (Lipinski definition) is 1. The quantitative estimate of drug-likeness (QED) is 0.618. The minimum atomic E-state index is -0.257. The van der Waals surface area contributed by atoms with Crippen LogP contribution in [0.25, 0.3) is 0 Å². The second-order valence-electron chi connectivity index (χ2n) is 3.19. The molecule has 1 rings (SSSR count). The van der Waals surface area contributed by atoms with Gasteiger partial charge in [-0.1, -0.05) is 6.07 Å². The lowest BCUT2D eigenvalue weighted by Gasteiger charge is -2.06. The molecule has 1 aromatic rings. The molecule has 0 aromatic heterocycles. The first-order valence-corrected chi connectivity index (χ1v) is 4.64. The van der Waals surface area contributed by atoms with Crippen molar-refractivity contribution in [3.63, 3.8) is 0 Å². The highest BCUT2D eigenvalue weighted by atomic mass is 16.5. The summed E-state index contributed by atoms with van der Waals surface area (Å²) in [4.78, 5) is 24.9. The molecule has 84 valence electrons. The maximum atomic E-state index is 11.2. The largest absolute Gasteiger partial charge is 0.375 e. The van der Waals surface area contributed by atoms with Crippen molar-refractivity contribution in [1.29, 1.82) is 0 Å². The van der Waals surface area contributed by atoms with Crippen LogP contribution in [0.1, 0.15) is 5.56 Å². The van der Waals surface area contributed by atoms with Crippen molar-refractivity contribution in [2.75, 3.05) is 19.0 Å². The van der Waals surface area contributed by atoms with Crippen LogP contribution in [0.3, 0.4) is 0 Å². The van der Waals surface area contributed by atoms with Gasteiger partial charge in [-0.2, -0.15) is 4.99 Å². The van der Waals surface area contributed by atoms with E-state index in [9.17, 15) is 9.59 Å². The third-order valence-electron chi connectivity index (χ3n) is 1.93. The smallest absolute Gasteiger partial charge is 0.250 e. The number of benzene rings is 1. The molecule has 1 N–H and O–H groups in total. The molecular weight excluding hydrogens is 208 g/mol. The molecule has 0 radical (unpaired) electrons. The molecule has 1 amide bonds. The lowest BCUT2D eigenvalue weighted by molar-refractivity contribution is -0.119. The van der Waals surface area contributed by atoms with Crippen molar-refractivity contribution < 1.29 is 14.3 Å². The van der Waals surface area contributed by atoms with Gasteiger partial charge in [0.2, 0.25) is 12.0 Å². The Morgan fingerprint density at radius 2 is 2.31 bits per heavy atom. The normalized spacial score (nSPS) is 9.38. The number of methoxy groups -OCH3 is 1. The summed E-state index contributed by atoms with van der Waals surface area (Å²) in [5.74, 6) is -0.257. The van der Waals surface area contributed by atoms with E-state index < -0.39 is 0 Å². The zero-order chi connectivity index (χ0) is 12.0. The van der Waals surface area contributed by atoms with Crippen LogP contribution in [0.5, 0.6) is 0 Å². The number of isocyanates is 1. The molecule has 0 atom stereocenters. The number of anilines is 1. The number of carbonyl (C=O) groups excluding carboxylic acids is 2. The van der Waals surface area contributed by atoms with E-state index in [1.54, 1.807) is 18.2 Å². The van der Waals surface area contributed by atoms with E-state index >= 15 is 0 Å². The number of rotatable bonds is 4. The van der Waals surface area contributed by atoms with E-state index in [-0.39, 0.29) is 12.5 Å². The second-order valence-corrected chi connectivity index (χ2v) is 3.19. The Balaban J connectivity index is 2.86. The Bertz CT molecular complexity index is 437. The predicted molar refractivity (Wildman–Crippen MR) is 59.5 cm³/mol. The summed E-state index contributed by atoms with van der Waals surface area (Å²) in [6.07, 6.45) is 1.47. The SMILES string of the molecule is COCC(=O)Nc1ccc(C)c(N=C=O)c1. The summed E-state index contributed by atoms with van der Waals surface area (Å²) >= 11 is 0. The van der Waals surface area contributed by atoms with E-state index in [2.05, 4.69) is 15.0 Å². The summed E-state index contributed by atoms with van der Waals surface area (Å²) in [6, 6.07) is 5.10. The van der Waals surface area contributed by atoms with Crippen molar-refractivity contribution in [3.05, 3.63) is 23.8 Å². The number of nitrogens with one attached hydrogen (secondary N) is 1. The van der Waals surface area contributed by atoms with Gasteiger partial charge in [-0.05, 0) is 24.6 Å². The van der Waals surface area contributed by atoms with Gasteiger partial charge in [0.1, 0.15) is 6.61 Å². The van der Waals surface area contributed by atoms with Crippen LogP contribution in [0.15, 0.2) is 23.2 Å². The van der Waals surface area contributed by atoms with E-state index in [1.807, 2.05) is 6.92 Å². The fourth-order valence-corrected chi connectivity index (χ4v) is 1.18. The third kappa shape index (κ3) is 3.31. The molecular formula is C11H12N2O3. The van der Waals surface area contributed by atoms with Crippen molar-refractivity contribution in [2.24, 2.45) is 4.99 Å². The summed E-state index contributed by atoms with van der Waals surface area (Å²) in [5.41, 5.74) is 1.90. The van der Waals surface area contributed by atoms with Crippen LogP contribution >= 0.6 is 0 Å². The molecule has 5 heteroatoms. The van der Waals surface area contributed by atoms with Crippen LogP contribution in [0.2, 0.25) is 0 Å². The predicted octanol–water partition coefficient (Wildman–Crippen LogP) is 1.55. The summed E-state index contributed by atoms with van der Waals surface area (Å²) in [5, 5.41) is 2.62. The van der Waals surface area contributed by atoms with E-state index in [1.165, 1.54) is 13.2 Å². The molecule has 1 aromatic carbocycles. The molecule has 0 aliphatic rings. The van der Waals surface area contributed by atoms with Gasteiger partial charge in [0.15, 0.2) is 0 Å². The zero-order valence-electron chi connectivity index (χ0n) is 9.11. The fraction of sp³-hybridized carbons (Fsp3) is 0.273.